The first kappa shape index (κ1) is 19.0. The molecule has 0 radical (unpaired) electrons. The van der Waals surface area contributed by atoms with E-state index in [-0.39, 0.29) is 5.82 Å². The maximum Gasteiger partial charge on any atom is 0.203 e. The molecule has 1 N–H and O–H groups in total. The minimum Gasteiger partial charge on any atom is -0.494 e. The number of rotatable bonds is 9. The summed E-state index contributed by atoms with van der Waals surface area (Å²) in [5.41, 5.74) is 3.20. The van der Waals surface area contributed by atoms with Crippen LogP contribution in [0.25, 0.3) is 11.3 Å². The van der Waals surface area contributed by atoms with Crippen molar-refractivity contribution >= 4 is 5.95 Å². The Bertz CT molecular complexity index is 841. The summed E-state index contributed by atoms with van der Waals surface area (Å²) in [7, 11) is 0. The summed E-state index contributed by atoms with van der Waals surface area (Å²) < 4.78 is 20.8. The number of unbranched alkanes of at least 4 members (excludes halogenated alkanes) is 1. The summed E-state index contributed by atoms with van der Waals surface area (Å²) in [6.07, 6.45) is 4.09. The normalized spacial score (nSPS) is 10.8. The zero-order chi connectivity index (χ0) is 19.1. The van der Waals surface area contributed by atoms with E-state index in [1.807, 2.05) is 25.3 Å². The third-order valence-electron chi connectivity index (χ3n) is 4.42. The van der Waals surface area contributed by atoms with E-state index in [1.54, 1.807) is 12.1 Å². The van der Waals surface area contributed by atoms with Crippen LogP contribution >= 0.6 is 0 Å². The highest BCUT2D eigenvalue weighted by Gasteiger charge is 2.12. The molecule has 0 unspecified atom stereocenters. The Kier molecular flexibility index (Phi) is 6.47. The zero-order valence-corrected chi connectivity index (χ0v) is 15.9. The third kappa shape index (κ3) is 4.88. The molecule has 0 aliphatic carbocycles. The summed E-state index contributed by atoms with van der Waals surface area (Å²) in [6.45, 7) is 6.31. The quantitative estimate of drug-likeness (QED) is 0.543. The molecule has 0 aliphatic rings. The molecule has 2 aromatic carbocycles. The van der Waals surface area contributed by atoms with E-state index >= 15 is 0 Å². The molecule has 1 aromatic heterocycles. The van der Waals surface area contributed by atoms with Gasteiger partial charge in [-0.05, 0) is 55.3 Å². The first-order valence-corrected chi connectivity index (χ1v) is 9.48. The predicted octanol–water partition coefficient (Wildman–Crippen LogP) is 5.50. The maximum atomic E-state index is 13.1. The number of aromatic nitrogens is 2. The van der Waals surface area contributed by atoms with Crippen molar-refractivity contribution in [2.75, 3.05) is 11.9 Å². The first-order valence-electron chi connectivity index (χ1n) is 9.48. The number of nitrogens with zero attached hydrogens (tertiary/aromatic N) is 2. The van der Waals surface area contributed by atoms with Gasteiger partial charge in [0.15, 0.2) is 0 Å². The van der Waals surface area contributed by atoms with Crippen LogP contribution in [0.4, 0.5) is 10.3 Å². The molecule has 3 aromatic rings. The van der Waals surface area contributed by atoms with Crippen LogP contribution in [0.15, 0.2) is 54.7 Å². The van der Waals surface area contributed by atoms with Crippen molar-refractivity contribution in [2.24, 2.45) is 0 Å². The molecule has 142 valence electrons. The molecule has 0 bridgehead atoms. The smallest absolute Gasteiger partial charge is 0.203 e. The molecule has 4 nitrogen and oxygen atoms in total. The van der Waals surface area contributed by atoms with Crippen molar-refractivity contribution in [3.8, 4) is 17.0 Å². The monoisotopic (exact) mass is 367 g/mol. The molecule has 0 aliphatic heterocycles. The Labute approximate surface area is 160 Å². The number of hydrogen-bond acceptors (Lipinski definition) is 3. The van der Waals surface area contributed by atoms with E-state index in [0.29, 0.717) is 13.2 Å². The van der Waals surface area contributed by atoms with Gasteiger partial charge in [-0.1, -0.05) is 25.5 Å². The average Bonchev–Trinajstić information content (AvgIpc) is 3.09. The number of halogens is 1. The van der Waals surface area contributed by atoms with E-state index in [0.717, 1.165) is 47.9 Å². The second-order valence-electron chi connectivity index (χ2n) is 6.41. The van der Waals surface area contributed by atoms with E-state index < -0.39 is 0 Å². The number of imidazole rings is 1. The first-order chi connectivity index (χ1) is 13.2. The lowest BCUT2D eigenvalue weighted by Crippen LogP contribution is -2.09. The Morgan fingerprint density at radius 1 is 1.04 bits per heavy atom. The molecule has 0 saturated heterocycles. The van der Waals surface area contributed by atoms with Gasteiger partial charge in [-0.3, -0.25) is 0 Å². The van der Waals surface area contributed by atoms with Gasteiger partial charge in [0.2, 0.25) is 5.95 Å². The minimum absolute atomic E-state index is 0.221. The summed E-state index contributed by atoms with van der Waals surface area (Å²) in [5, 5.41) is 3.38. The summed E-state index contributed by atoms with van der Waals surface area (Å²) >= 11 is 0. The van der Waals surface area contributed by atoms with E-state index in [9.17, 15) is 4.39 Å². The van der Waals surface area contributed by atoms with Gasteiger partial charge in [-0.2, -0.15) is 0 Å². The van der Waals surface area contributed by atoms with Gasteiger partial charge in [0.25, 0.3) is 0 Å². The molecular weight excluding hydrogens is 341 g/mol. The average molecular weight is 367 g/mol. The molecule has 27 heavy (non-hydrogen) atoms. The van der Waals surface area contributed by atoms with E-state index in [4.69, 9.17) is 4.74 Å². The fourth-order valence-corrected chi connectivity index (χ4v) is 2.96. The van der Waals surface area contributed by atoms with Crippen molar-refractivity contribution in [3.05, 3.63) is 66.1 Å². The van der Waals surface area contributed by atoms with Crippen molar-refractivity contribution < 1.29 is 9.13 Å². The molecule has 0 amide bonds. The fraction of sp³-hybridized carbons (Fsp3) is 0.318. The van der Waals surface area contributed by atoms with Crippen LogP contribution in [0.3, 0.4) is 0 Å². The van der Waals surface area contributed by atoms with E-state index in [1.165, 1.54) is 12.1 Å². The van der Waals surface area contributed by atoms with Gasteiger partial charge in [-0.25, -0.2) is 9.37 Å². The predicted molar refractivity (Wildman–Crippen MR) is 107 cm³/mol. The molecular formula is C22H26FN3O. The van der Waals surface area contributed by atoms with Crippen LogP contribution in [0.2, 0.25) is 0 Å². The van der Waals surface area contributed by atoms with E-state index in [2.05, 4.69) is 33.9 Å². The van der Waals surface area contributed by atoms with Gasteiger partial charge in [0.05, 0.1) is 18.5 Å². The largest absolute Gasteiger partial charge is 0.494 e. The summed E-state index contributed by atoms with van der Waals surface area (Å²) in [6, 6.07) is 14.6. The number of nitrogens with one attached hydrogen (secondary N) is 1. The number of hydrogen-bond donors (Lipinski definition) is 1. The van der Waals surface area contributed by atoms with Crippen LogP contribution in [0.5, 0.6) is 5.75 Å². The lowest BCUT2D eigenvalue weighted by atomic mass is 10.1. The lowest BCUT2D eigenvalue weighted by molar-refractivity contribution is 0.340. The maximum absolute atomic E-state index is 13.1. The molecule has 0 atom stereocenters. The van der Waals surface area contributed by atoms with Crippen molar-refractivity contribution in [1.29, 1.82) is 0 Å². The van der Waals surface area contributed by atoms with Crippen LogP contribution in [0.1, 0.15) is 32.3 Å². The van der Waals surface area contributed by atoms with Crippen LogP contribution in [0, 0.1) is 5.82 Å². The van der Waals surface area contributed by atoms with Gasteiger partial charge in [-0.15, -0.1) is 0 Å². The summed E-state index contributed by atoms with van der Waals surface area (Å²) in [4.78, 5) is 4.58. The number of ether oxygens (including phenoxy) is 1. The van der Waals surface area contributed by atoms with Crippen LogP contribution < -0.4 is 10.1 Å². The van der Waals surface area contributed by atoms with Crippen molar-refractivity contribution in [2.45, 2.75) is 39.8 Å². The summed E-state index contributed by atoms with van der Waals surface area (Å²) in [5.74, 6) is 1.48. The number of anilines is 1. The van der Waals surface area contributed by atoms with Gasteiger partial charge < -0.3 is 14.6 Å². The minimum atomic E-state index is -0.221. The Morgan fingerprint density at radius 3 is 2.44 bits per heavy atom. The molecule has 3 rings (SSSR count). The standard InChI is InChI=1S/C22H26FN3O/c1-3-5-14-26-21(18-8-12-20(13-9-18)27-4-2)16-25-22(26)24-15-17-6-10-19(23)11-7-17/h6-13,16H,3-5,14-15H2,1-2H3,(H,24,25). The second kappa shape index (κ2) is 9.21. The SMILES string of the molecule is CCCCn1c(-c2ccc(OCC)cc2)cnc1NCc1ccc(F)cc1. The number of benzene rings is 2. The Morgan fingerprint density at radius 2 is 1.78 bits per heavy atom. The lowest BCUT2D eigenvalue weighted by Gasteiger charge is -2.13. The van der Waals surface area contributed by atoms with Crippen molar-refractivity contribution in [3.63, 3.8) is 0 Å². The van der Waals surface area contributed by atoms with Crippen LogP contribution in [-0.2, 0) is 13.1 Å². The molecule has 1 heterocycles. The highest BCUT2D eigenvalue weighted by molar-refractivity contribution is 5.62. The third-order valence-corrected chi connectivity index (χ3v) is 4.42. The van der Waals surface area contributed by atoms with Gasteiger partial charge in [0.1, 0.15) is 11.6 Å². The fourth-order valence-electron chi connectivity index (χ4n) is 2.96. The van der Waals surface area contributed by atoms with Gasteiger partial charge >= 0.3 is 0 Å². The Hall–Kier alpha value is -2.82. The van der Waals surface area contributed by atoms with Crippen molar-refractivity contribution in [1.82, 2.24) is 9.55 Å². The topological polar surface area (TPSA) is 39.1 Å². The molecule has 0 saturated carbocycles. The highest BCUT2D eigenvalue weighted by Crippen LogP contribution is 2.26. The van der Waals surface area contributed by atoms with Crippen LogP contribution in [-0.4, -0.2) is 16.2 Å². The zero-order valence-electron chi connectivity index (χ0n) is 15.9. The molecule has 0 fully saturated rings. The highest BCUT2D eigenvalue weighted by atomic mass is 19.1. The van der Waals surface area contributed by atoms with Gasteiger partial charge in [0, 0.05) is 18.7 Å². The second-order valence-corrected chi connectivity index (χ2v) is 6.41. The molecule has 5 heteroatoms. The molecule has 0 spiro atoms. The Balaban J connectivity index is 1.80.